The van der Waals surface area contributed by atoms with E-state index in [2.05, 4.69) is 4.98 Å². The van der Waals surface area contributed by atoms with Crippen LogP contribution in [-0.2, 0) is 26.1 Å². The molecule has 158 valence electrons. The van der Waals surface area contributed by atoms with E-state index < -0.39 is 27.6 Å². The fraction of sp³-hybridized carbons (Fsp3) is 0.429. The van der Waals surface area contributed by atoms with Gasteiger partial charge in [-0.3, -0.25) is 9.78 Å². The first kappa shape index (κ1) is 22.8. The molecule has 2 rings (SSSR count). The lowest BCUT2D eigenvalue weighted by Gasteiger charge is -2.31. The molecular formula is C21H28N2O5S. The van der Waals surface area contributed by atoms with Gasteiger partial charge in [-0.2, -0.15) is 4.31 Å². The molecule has 0 bridgehead atoms. The first-order valence-electron chi connectivity index (χ1n) is 9.36. The minimum atomic E-state index is -3.99. The van der Waals surface area contributed by atoms with Crippen molar-refractivity contribution < 1.29 is 22.7 Å². The first-order chi connectivity index (χ1) is 13.6. The van der Waals surface area contributed by atoms with Crippen LogP contribution in [0.1, 0.15) is 39.7 Å². The maximum absolute atomic E-state index is 13.5. The second kappa shape index (κ2) is 9.37. The maximum Gasteiger partial charge on any atom is 0.324 e. The number of carbonyl (C=O) groups excluding carboxylic acids is 1. The van der Waals surface area contributed by atoms with Crippen molar-refractivity contribution >= 4 is 16.0 Å². The number of ether oxygens (including phenoxy) is 2. The van der Waals surface area contributed by atoms with Crippen molar-refractivity contribution in [3.8, 4) is 5.75 Å². The van der Waals surface area contributed by atoms with E-state index in [9.17, 15) is 13.2 Å². The molecule has 1 aromatic heterocycles. The van der Waals surface area contributed by atoms with Crippen LogP contribution in [-0.4, -0.2) is 42.4 Å². The van der Waals surface area contributed by atoms with Crippen molar-refractivity contribution in [3.05, 3.63) is 54.4 Å². The molecule has 8 heteroatoms. The maximum atomic E-state index is 13.5. The van der Waals surface area contributed by atoms with E-state index in [1.54, 1.807) is 64.4 Å². The van der Waals surface area contributed by atoms with Gasteiger partial charge in [-0.25, -0.2) is 8.42 Å². The smallest absolute Gasteiger partial charge is 0.324 e. The molecule has 0 spiro atoms. The second-order valence-corrected chi connectivity index (χ2v) is 9.44. The lowest BCUT2D eigenvalue weighted by molar-refractivity contribution is -0.159. The Morgan fingerprint density at radius 2 is 1.83 bits per heavy atom. The number of aromatic nitrogens is 1. The molecule has 1 atom stereocenters. The highest BCUT2D eigenvalue weighted by Gasteiger charge is 2.37. The van der Waals surface area contributed by atoms with E-state index in [0.717, 1.165) is 0 Å². The predicted octanol–water partition coefficient (Wildman–Crippen LogP) is 3.40. The average molecular weight is 421 g/mol. The average Bonchev–Trinajstić information content (AvgIpc) is 2.67. The number of benzene rings is 1. The minimum absolute atomic E-state index is 0.0000476. The van der Waals surface area contributed by atoms with E-state index in [1.165, 1.54) is 23.5 Å². The van der Waals surface area contributed by atoms with Gasteiger partial charge < -0.3 is 9.47 Å². The molecule has 2 aromatic rings. The van der Waals surface area contributed by atoms with Gasteiger partial charge in [0.1, 0.15) is 17.4 Å². The molecule has 0 fully saturated rings. The van der Waals surface area contributed by atoms with Gasteiger partial charge in [0, 0.05) is 18.9 Å². The standard InChI is InChI=1S/C21H28N2O5S/c1-6-19(20(24)28-21(2,3)4)23(15-16-8-7-13-22-14-16)29(25,26)18-11-9-17(27-5)10-12-18/h7-14,19H,6,15H2,1-5H3/t19-/m0/s1. The Morgan fingerprint density at radius 3 is 2.31 bits per heavy atom. The molecule has 1 aromatic carbocycles. The monoisotopic (exact) mass is 420 g/mol. The van der Waals surface area contributed by atoms with Crippen LogP contribution in [0.25, 0.3) is 0 Å². The molecule has 0 aliphatic rings. The summed E-state index contributed by atoms with van der Waals surface area (Å²) >= 11 is 0. The summed E-state index contributed by atoms with van der Waals surface area (Å²) in [6, 6.07) is 8.60. The summed E-state index contributed by atoms with van der Waals surface area (Å²) in [5.74, 6) is -0.0390. The molecule has 1 heterocycles. The Kier molecular flexibility index (Phi) is 7.37. The van der Waals surface area contributed by atoms with Crippen molar-refractivity contribution in [3.63, 3.8) is 0 Å². The third kappa shape index (κ3) is 6.01. The molecule has 0 unspecified atom stereocenters. The van der Waals surface area contributed by atoms with Crippen LogP contribution in [0.3, 0.4) is 0 Å². The zero-order chi connectivity index (χ0) is 21.7. The zero-order valence-corrected chi connectivity index (χ0v) is 18.3. The van der Waals surface area contributed by atoms with Crippen molar-refractivity contribution in [1.82, 2.24) is 9.29 Å². The summed E-state index contributed by atoms with van der Waals surface area (Å²) in [6.45, 7) is 7.01. The summed E-state index contributed by atoms with van der Waals surface area (Å²) in [6.07, 6.45) is 3.46. The normalized spacial score (nSPS) is 13.2. The van der Waals surface area contributed by atoms with Gasteiger partial charge >= 0.3 is 5.97 Å². The molecule has 0 N–H and O–H groups in total. The van der Waals surface area contributed by atoms with Gasteiger partial charge in [-0.1, -0.05) is 13.0 Å². The number of pyridine rings is 1. The quantitative estimate of drug-likeness (QED) is 0.609. The first-order valence-corrected chi connectivity index (χ1v) is 10.8. The summed E-state index contributed by atoms with van der Waals surface area (Å²) in [5.41, 5.74) is -0.0551. The molecule has 0 radical (unpaired) electrons. The van der Waals surface area contributed by atoms with E-state index in [1.807, 2.05) is 0 Å². The molecule has 7 nitrogen and oxygen atoms in total. The highest BCUT2D eigenvalue weighted by molar-refractivity contribution is 7.89. The number of rotatable bonds is 8. The molecule has 0 saturated carbocycles. The number of carbonyl (C=O) groups is 1. The largest absolute Gasteiger partial charge is 0.497 e. The number of hydrogen-bond donors (Lipinski definition) is 0. The Balaban J connectivity index is 2.48. The third-order valence-electron chi connectivity index (χ3n) is 4.14. The minimum Gasteiger partial charge on any atom is -0.497 e. The highest BCUT2D eigenvalue weighted by Crippen LogP contribution is 2.26. The highest BCUT2D eigenvalue weighted by atomic mass is 32.2. The molecule has 0 amide bonds. The van der Waals surface area contributed by atoms with Crippen LogP contribution in [0, 0.1) is 0 Å². The summed E-state index contributed by atoms with van der Waals surface area (Å²) < 4.78 is 38.7. The van der Waals surface area contributed by atoms with Crippen molar-refractivity contribution in [2.24, 2.45) is 0 Å². The third-order valence-corrected chi connectivity index (χ3v) is 6.01. The van der Waals surface area contributed by atoms with Gasteiger partial charge in [-0.15, -0.1) is 0 Å². The number of hydrogen-bond acceptors (Lipinski definition) is 6. The Bertz CT molecular complexity index is 906. The Morgan fingerprint density at radius 1 is 1.17 bits per heavy atom. The van der Waals surface area contributed by atoms with Gasteiger partial charge in [0.15, 0.2) is 0 Å². The lowest BCUT2D eigenvalue weighted by Crippen LogP contribution is -2.46. The van der Waals surface area contributed by atoms with Crippen molar-refractivity contribution in [1.29, 1.82) is 0 Å². The predicted molar refractivity (Wildman–Crippen MR) is 110 cm³/mol. The topological polar surface area (TPSA) is 85.8 Å². The van der Waals surface area contributed by atoms with Crippen molar-refractivity contribution in [2.75, 3.05) is 7.11 Å². The SMILES string of the molecule is CC[C@@H](C(=O)OC(C)(C)C)N(Cc1cccnc1)S(=O)(=O)c1ccc(OC)cc1. The van der Waals surface area contributed by atoms with Crippen LogP contribution in [0.2, 0.25) is 0 Å². The molecule has 0 saturated heterocycles. The van der Waals surface area contributed by atoms with E-state index >= 15 is 0 Å². The fourth-order valence-electron chi connectivity index (χ4n) is 2.78. The number of methoxy groups -OCH3 is 1. The van der Waals surface area contributed by atoms with Gasteiger partial charge in [0.05, 0.1) is 12.0 Å². The molecule has 29 heavy (non-hydrogen) atoms. The van der Waals surface area contributed by atoms with Crippen LogP contribution in [0.4, 0.5) is 0 Å². The fourth-order valence-corrected chi connectivity index (χ4v) is 4.42. The summed E-state index contributed by atoms with van der Waals surface area (Å²) in [5, 5.41) is 0. The second-order valence-electron chi connectivity index (χ2n) is 7.54. The number of sulfonamides is 1. The Hall–Kier alpha value is -2.45. The van der Waals surface area contributed by atoms with E-state index in [0.29, 0.717) is 11.3 Å². The molecular weight excluding hydrogens is 392 g/mol. The number of nitrogens with zero attached hydrogens (tertiary/aromatic N) is 2. The van der Waals surface area contributed by atoms with Crippen LogP contribution in [0.15, 0.2) is 53.7 Å². The lowest BCUT2D eigenvalue weighted by atomic mass is 10.1. The van der Waals surface area contributed by atoms with Crippen LogP contribution < -0.4 is 4.74 Å². The van der Waals surface area contributed by atoms with E-state index in [-0.39, 0.29) is 17.9 Å². The van der Waals surface area contributed by atoms with Gasteiger partial charge in [0.25, 0.3) is 0 Å². The Labute approximate surface area is 172 Å². The summed E-state index contributed by atoms with van der Waals surface area (Å²) in [4.78, 5) is 17.0. The number of esters is 1. The van der Waals surface area contributed by atoms with Crippen LogP contribution in [0.5, 0.6) is 5.75 Å². The molecule has 0 aliphatic carbocycles. The van der Waals surface area contributed by atoms with E-state index in [4.69, 9.17) is 9.47 Å². The van der Waals surface area contributed by atoms with Crippen LogP contribution >= 0.6 is 0 Å². The van der Waals surface area contributed by atoms with Crippen molar-refractivity contribution in [2.45, 2.75) is 57.2 Å². The summed E-state index contributed by atoms with van der Waals surface area (Å²) in [7, 11) is -2.48. The zero-order valence-electron chi connectivity index (χ0n) is 17.5. The van der Waals surface area contributed by atoms with Gasteiger partial charge in [0.2, 0.25) is 10.0 Å². The molecule has 0 aliphatic heterocycles. The van der Waals surface area contributed by atoms with Gasteiger partial charge in [-0.05, 0) is 63.1 Å².